The van der Waals surface area contributed by atoms with Crippen molar-refractivity contribution in [2.45, 2.75) is 6.61 Å². The van der Waals surface area contributed by atoms with Crippen LogP contribution < -0.4 is 0 Å². The second-order valence-corrected chi connectivity index (χ2v) is 3.83. The first-order chi connectivity index (χ1) is 7.00. The van der Waals surface area contributed by atoms with Crippen LogP contribution in [0.15, 0.2) is 18.2 Å². The summed E-state index contributed by atoms with van der Waals surface area (Å²) in [5.74, 6) is 0. The van der Waals surface area contributed by atoms with E-state index in [9.17, 15) is 14.7 Å². The molecule has 0 heterocycles. The highest BCUT2D eigenvalue weighted by Crippen LogP contribution is 2.26. The van der Waals surface area contributed by atoms with Crippen LogP contribution in [0.2, 0.25) is 5.02 Å². The zero-order valence-electron chi connectivity index (χ0n) is 7.34. The van der Waals surface area contributed by atoms with Gasteiger partial charge in [0.2, 0.25) is 0 Å². The summed E-state index contributed by atoms with van der Waals surface area (Å²) in [6.07, 6.45) is 0. The van der Waals surface area contributed by atoms with Gasteiger partial charge >= 0.3 is 8.25 Å². The Labute approximate surface area is 90.5 Å². The third kappa shape index (κ3) is 3.60. The van der Waals surface area contributed by atoms with E-state index in [4.69, 9.17) is 16.5 Å². The van der Waals surface area contributed by atoms with E-state index in [1.54, 1.807) is 0 Å². The van der Waals surface area contributed by atoms with E-state index in [1.165, 1.54) is 18.2 Å². The van der Waals surface area contributed by atoms with E-state index >= 15 is 0 Å². The highest BCUT2D eigenvalue weighted by molar-refractivity contribution is 7.32. The average Bonchev–Trinajstić information content (AvgIpc) is 2.14. The highest BCUT2D eigenvalue weighted by atomic mass is 35.5. The van der Waals surface area contributed by atoms with Crippen molar-refractivity contribution in [3.63, 3.8) is 0 Å². The lowest BCUT2D eigenvalue weighted by molar-refractivity contribution is -0.384. The van der Waals surface area contributed by atoms with Crippen molar-refractivity contribution in [1.29, 1.82) is 0 Å². The summed E-state index contributed by atoms with van der Waals surface area (Å²) in [7, 11) is -3.00. The molecule has 0 aliphatic rings. The first-order valence-corrected chi connectivity index (χ1v) is 5.43. The molecule has 0 amide bonds. The van der Waals surface area contributed by atoms with Crippen molar-refractivity contribution in [2.75, 3.05) is 0 Å². The van der Waals surface area contributed by atoms with Crippen molar-refractivity contribution < 1.29 is 18.9 Å². The van der Waals surface area contributed by atoms with Gasteiger partial charge < -0.3 is 9.42 Å². The number of halogens is 1. The first-order valence-electron chi connectivity index (χ1n) is 3.79. The monoisotopic (exact) mass is 251 g/mol. The second-order valence-electron chi connectivity index (χ2n) is 2.60. The number of hydrogen-bond donors (Lipinski definition) is 1. The van der Waals surface area contributed by atoms with Crippen LogP contribution >= 0.6 is 19.9 Å². The topological polar surface area (TPSA) is 89.7 Å². The quantitative estimate of drug-likeness (QED) is 0.503. The van der Waals surface area contributed by atoms with E-state index < -0.39 is 13.2 Å². The van der Waals surface area contributed by atoms with Crippen molar-refractivity contribution in [1.82, 2.24) is 0 Å². The predicted octanol–water partition coefficient (Wildman–Crippen LogP) is 2.15. The minimum atomic E-state index is -3.00. The van der Waals surface area contributed by atoms with Gasteiger partial charge in [0.25, 0.3) is 5.69 Å². The molecule has 0 radical (unpaired) electrons. The fourth-order valence-electron chi connectivity index (χ4n) is 0.933. The van der Waals surface area contributed by atoms with Gasteiger partial charge in [0.1, 0.15) is 5.02 Å². The molecule has 1 aromatic carbocycles. The molecule has 0 fully saturated rings. The van der Waals surface area contributed by atoms with Crippen molar-refractivity contribution in [3.05, 3.63) is 38.9 Å². The van der Waals surface area contributed by atoms with E-state index in [0.717, 1.165) is 0 Å². The maximum Gasteiger partial charge on any atom is 0.316 e. The van der Waals surface area contributed by atoms with Crippen LogP contribution in [0.3, 0.4) is 0 Å². The highest BCUT2D eigenvalue weighted by Gasteiger charge is 2.12. The van der Waals surface area contributed by atoms with E-state index in [-0.39, 0.29) is 17.3 Å². The van der Waals surface area contributed by atoms with Gasteiger partial charge in [-0.25, -0.2) is 0 Å². The molecule has 1 rings (SSSR count). The van der Waals surface area contributed by atoms with Crippen LogP contribution in [0.4, 0.5) is 5.69 Å². The Morgan fingerprint density at radius 3 is 2.73 bits per heavy atom. The van der Waals surface area contributed by atoms with E-state index in [2.05, 4.69) is 4.52 Å². The van der Waals surface area contributed by atoms with Crippen LogP contribution in [0.1, 0.15) is 5.56 Å². The Kier molecular flexibility index (Phi) is 4.23. The van der Waals surface area contributed by atoms with E-state index in [1.807, 2.05) is 0 Å². The molecule has 1 atom stereocenters. The zero-order chi connectivity index (χ0) is 11.4. The Morgan fingerprint density at radius 1 is 1.60 bits per heavy atom. The number of nitro benzene ring substituents is 1. The average molecular weight is 252 g/mol. The Balaban J connectivity index is 2.82. The van der Waals surface area contributed by atoms with Gasteiger partial charge in [-0.3, -0.25) is 14.7 Å². The third-order valence-electron chi connectivity index (χ3n) is 1.57. The Morgan fingerprint density at radius 2 is 2.27 bits per heavy atom. The fraction of sp³-hybridized carbons (Fsp3) is 0.143. The van der Waals surface area contributed by atoms with Gasteiger partial charge in [-0.1, -0.05) is 11.6 Å². The number of nitrogens with zero attached hydrogens (tertiary/aromatic N) is 1. The minimum Gasteiger partial charge on any atom is -0.326 e. The Hall–Kier alpha value is -0.940. The van der Waals surface area contributed by atoms with Crippen LogP contribution in [-0.2, 0) is 15.7 Å². The third-order valence-corrected chi connectivity index (χ3v) is 2.27. The van der Waals surface area contributed by atoms with Gasteiger partial charge in [-0.05, 0) is 17.7 Å². The molecular formula is C7H7ClNO5P. The Bertz CT molecular complexity index is 410. The summed E-state index contributed by atoms with van der Waals surface area (Å²) < 4.78 is 14.7. The largest absolute Gasteiger partial charge is 0.326 e. The number of benzene rings is 1. The lowest BCUT2D eigenvalue weighted by Gasteiger charge is -2.01. The molecule has 0 saturated carbocycles. The molecule has 8 heteroatoms. The lowest BCUT2D eigenvalue weighted by atomic mass is 10.2. The van der Waals surface area contributed by atoms with Crippen LogP contribution in [0, 0.1) is 10.1 Å². The van der Waals surface area contributed by atoms with Gasteiger partial charge in [0, 0.05) is 6.07 Å². The SMILES string of the molecule is O=[N+]([O-])c1ccc(CO[PH](=O)O)cc1Cl. The van der Waals surface area contributed by atoms with Gasteiger partial charge in [-0.15, -0.1) is 0 Å². The number of nitro groups is 1. The summed E-state index contributed by atoms with van der Waals surface area (Å²) >= 11 is 5.61. The summed E-state index contributed by atoms with van der Waals surface area (Å²) in [6.45, 7) is -0.105. The number of hydrogen-bond acceptors (Lipinski definition) is 4. The lowest BCUT2D eigenvalue weighted by Crippen LogP contribution is -1.91. The van der Waals surface area contributed by atoms with Gasteiger partial charge in [0.15, 0.2) is 0 Å². The van der Waals surface area contributed by atoms with E-state index in [0.29, 0.717) is 5.56 Å². The normalized spacial score (nSPS) is 12.4. The molecule has 0 bridgehead atoms. The summed E-state index contributed by atoms with van der Waals surface area (Å²) in [4.78, 5) is 18.2. The minimum absolute atomic E-state index is 0.0290. The molecular weight excluding hydrogens is 245 g/mol. The van der Waals surface area contributed by atoms with Crippen molar-refractivity contribution >= 4 is 25.5 Å². The van der Waals surface area contributed by atoms with Crippen molar-refractivity contribution in [2.24, 2.45) is 0 Å². The summed E-state index contributed by atoms with van der Waals surface area (Å²) in [6, 6.07) is 3.95. The molecule has 0 aliphatic heterocycles. The molecule has 1 N–H and O–H groups in total. The van der Waals surface area contributed by atoms with Crippen LogP contribution in [0.25, 0.3) is 0 Å². The predicted molar refractivity (Wildman–Crippen MR) is 54.1 cm³/mol. The maximum absolute atomic E-state index is 10.4. The van der Waals surface area contributed by atoms with Crippen LogP contribution in [-0.4, -0.2) is 9.82 Å². The molecule has 82 valence electrons. The van der Waals surface area contributed by atoms with Gasteiger partial charge in [-0.2, -0.15) is 0 Å². The molecule has 0 aliphatic carbocycles. The molecule has 15 heavy (non-hydrogen) atoms. The molecule has 0 aromatic heterocycles. The number of rotatable bonds is 4. The summed E-state index contributed by atoms with van der Waals surface area (Å²) in [5.41, 5.74) is 0.287. The standard InChI is InChI=1S/C7H7ClNO5P/c8-6-3-5(4-14-15(12)13)1-2-7(6)9(10)11/h1-3,15H,4H2,(H,12,13). The second kappa shape index (κ2) is 5.23. The first kappa shape index (κ1) is 12.1. The molecule has 1 aromatic rings. The maximum atomic E-state index is 10.4. The van der Waals surface area contributed by atoms with Gasteiger partial charge in [0.05, 0.1) is 11.5 Å². The molecule has 0 saturated heterocycles. The smallest absolute Gasteiger partial charge is 0.316 e. The fourth-order valence-corrected chi connectivity index (χ4v) is 1.50. The molecule has 6 nitrogen and oxygen atoms in total. The van der Waals surface area contributed by atoms with Crippen LogP contribution in [0.5, 0.6) is 0 Å². The molecule has 0 spiro atoms. The molecule has 1 unspecified atom stereocenters. The zero-order valence-corrected chi connectivity index (χ0v) is 9.10. The summed E-state index contributed by atoms with van der Waals surface area (Å²) in [5, 5.41) is 10.4. The van der Waals surface area contributed by atoms with Crippen molar-refractivity contribution in [3.8, 4) is 0 Å².